The Morgan fingerprint density at radius 2 is 1.53 bits per heavy atom. The van der Waals surface area contributed by atoms with Crippen molar-refractivity contribution in [3.05, 3.63) is 51.1 Å². The Morgan fingerprint density at radius 1 is 0.938 bits per heavy atom. The molecule has 2 aromatic rings. The highest BCUT2D eigenvalue weighted by Crippen LogP contribution is 2.36. The van der Waals surface area contributed by atoms with Crippen molar-refractivity contribution in [3.8, 4) is 5.88 Å². The molecule has 8 heteroatoms. The maximum Gasteiger partial charge on any atom is 0.351 e. The minimum atomic E-state index is -4.20. The first-order valence-corrected chi connectivity index (χ1v) is 12.7. The van der Waals surface area contributed by atoms with Crippen LogP contribution in [0.1, 0.15) is 88.1 Å². The first-order valence-electron chi connectivity index (χ1n) is 11.3. The summed E-state index contributed by atoms with van der Waals surface area (Å²) in [4.78, 5) is 18.8. The summed E-state index contributed by atoms with van der Waals surface area (Å²) in [5.41, 5.74) is 2.78. The molecule has 1 aromatic heterocycles. The van der Waals surface area contributed by atoms with Gasteiger partial charge in [-0.2, -0.15) is 13.4 Å². The molecule has 0 radical (unpaired) electrons. The van der Waals surface area contributed by atoms with Crippen LogP contribution in [0.15, 0.2) is 27.9 Å². The Kier molecular flexibility index (Phi) is 7.15. The third-order valence-corrected chi connectivity index (χ3v) is 7.31. The van der Waals surface area contributed by atoms with Gasteiger partial charge in [0, 0.05) is 24.8 Å². The van der Waals surface area contributed by atoms with Crippen LogP contribution in [0.3, 0.4) is 0 Å². The van der Waals surface area contributed by atoms with Crippen molar-refractivity contribution in [2.75, 3.05) is 13.6 Å². The Labute approximate surface area is 191 Å². The zero-order valence-electron chi connectivity index (χ0n) is 20.2. The highest BCUT2D eigenvalue weighted by molar-refractivity contribution is 7.87. The molecule has 0 aliphatic carbocycles. The van der Waals surface area contributed by atoms with Crippen LogP contribution in [-0.4, -0.2) is 36.5 Å². The number of hydrogen-bond acceptors (Lipinski definition) is 6. The SMILES string of the molecule is CC(C)c1cc(C(C)C)c(S(=O)(=O)Oc2cc3n(c(=O)n2)CCCN(C)C3)c(C(C)C)c1. The predicted molar refractivity (Wildman–Crippen MR) is 126 cm³/mol. The number of rotatable bonds is 6. The molecule has 176 valence electrons. The van der Waals surface area contributed by atoms with Crippen LogP contribution in [0.25, 0.3) is 0 Å². The summed E-state index contributed by atoms with van der Waals surface area (Å²) in [6.45, 7) is 14.0. The molecule has 32 heavy (non-hydrogen) atoms. The Hall–Kier alpha value is -2.19. The predicted octanol–water partition coefficient (Wildman–Crippen LogP) is 4.22. The molecule has 2 heterocycles. The highest BCUT2D eigenvalue weighted by Gasteiger charge is 2.29. The Morgan fingerprint density at radius 3 is 2.06 bits per heavy atom. The fourth-order valence-electron chi connectivity index (χ4n) is 4.13. The summed E-state index contributed by atoms with van der Waals surface area (Å²) in [5, 5.41) is 0. The van der Waals surface area contributed by atoms with Gasteiger partial charge in [0.05, 0.1) is 0 Å². The molecule has 0 unspecified atom stereocenters. The van der Waals surface area contributed by atoms with E-state index in [1.165, 1.54) is 0 Å². The van der Waals surface area contributed by atoms with Gasteiger partial charge in [0.25, 0.3) is 0 Å². The fraction of sp³-hybridized carbons (Fsp3) is 0.583. The van der Waals surface area contributed by atoms with Gasteiger partial charge in [-0.05, 0) is 54.5 Å². The van der Waals surface area contributed by atoms with E-state index in [9.17, 15) is 13.2 Å². The van der Waals surface area contributed by atoms with Crippen molar-refractivity contribution >= 4 is 10.1 Å². The lowest BCUT2D eigenvalue weighted by atomic mass is 9.89. The molecule has 0 N–H and O–H groups in total. The van der Waals surface area contributed by atoms with Crippen LogP contribution in [0.2, 0.25) is 0 Å². The zero-order valence-corrected chi connectivity index (χ0v) is 21.0. The second-order valence-corrected chi connectivity index (χ2v) is 11.1. The number of nitrogens with zero attached hydrogens (tertiary/aromatic N) is 3. The molecule has 1 aliphatic heterocycles. The van der Waals surface area contributed by atoms with E-state index >= 15 is 0 Å². The number of aromatic nitrogens is 2. The van der Waals surface area contributed by atoms with Crippen molar-refractivity contribution in [1.82, 2.24) is 14.5 Å². The second kappa shape index (κ2) is 9.35. The van der Waals surface area contributed by atoms with Gasteiger partial charge < -0.3 is 9.08 Å². The molecular weight excluding hydrogens is 426 g/mol. The molecule has 0 saturated heterocycles. The smallest absolute Gasteiger partial charge is 0.351 e. The molecule has 0 spiro atoms. The molecule has 1 aliphatic rings. The summed E-state index contributed by atoms with van der Waals surface area (Å²) < 4.78 is 34.2. The average Bonchev–Trinajstić information content (AvgIpc) is 2.87. The van der Waals surface area contributed by atoms with Crippen molar-refractivity contribution in [2.45, 2.75) is 83.7 Å². The molecule has 0 bridgehead atoms. The third kappa shape index (κ3) is 5.07. The van der Waals surface area contributed by atoms with E-state index in [0.717, 1.165) is 29.7 Å². The van der Waals surface area contributed by atoms with Crippen molar-refractivity contribution < 1.29 is 12.6 Å². The van der Waals surface area contributed by atoms with E-state index in [0.29, 0.717) is 18.8 Å². The first kappa shape index (κ1) is 24.5. The first-order chi connectivity index (χ1) is 14.9. The lowest BCUT2D eigenvalue weighted by molar-refractivity contribution is 0.332. The van der Waals surface area contributed by atoms with Crippen LogP contribution in [0.5, 0.6) is 5.88 Å². The van der Waals surface area contributed by atoms with E-state index in [1.807, 2.05) is 46.9 Å². The molecule has 1 aromatic carbocycles. The average molecular weight is 462 g/mol. The molecule has 7 nitrogen and oxygen atoms in total. The van der Waals surface area contributed by atoms with Gasteiger partial charge in [0.1, 0.15) is 4.90 Å². The van der Waals surface area contributed by atoms with Crippen molar-refractivity contribution in [2.24, 2.45) is 0 Å². The van der Waals surface area contributed by atoms with Crippen LogP contribution in [0.4, 0.5) is 0 Å². The van der Waals surface area contributed by atoms with Crippen LogP contribution in [0, 0.1) is 0 Å². The summed E-state index contributed by atoms with van der Waals surface area (Å²) in [6, 6.07) is 5.50. The van der Waals surface area contributed by atoms with Gasteiger partial charge in [-0.1, -0.05) is 53.7 Å². The molecule has 0 fully saturated rings. The standard InChI is InChI=1S/C24H35N3O4S/c1-15(2)18-11-20(16(3)4)23(21(12-18)17(5)6)32(29,30)31-22-13-19-14-26(7)9-8-10-27(19)24(28)25-22/h11-13,15-17H,8-10,14H2,1-7H3. The van der Waals surface area contributed by atoms with Crippen molar-refractivity contribution in [1.29, 1.82) is 0 Å². The summed E-state index contributed by atoms with van der Waals surface area (Å²) in [7, 11) is -2.23. The zero-order chi connectivity index (χ0) is 23.8. The normalized spacial score (nSPS) is 15.3. The van der Waals surface area contributed by atoms with Crippen LogP contribution in [-0.2, 0) is 23.2 Å². The number of hydrogen-bond donors (Lipinski definition) is 0. The van der Waals surface area contributed by atoms with Crippen LogP contribution < -0.4 is 9.87 Å². The highest BCUT2D eigenvalue weighted by atomic mass is 32.2. The molecule has 0 amide bonds. The minimum Gasteiger partial charge on any atom is -0.358 e. The summed E-state index contributed by atoms with van der Waals surface area (Å²) in [5.74, 6) is 0.0672. The second-order valence-electron chi connectivity index (χ2n) is 9.64. The maximum absolute atomic E-state index is 13.6. The maximum atomic E-state index is 13.6. The molecular formula is C24H35N3O4S. The van der Waals surface area contributed by atoms with Gasteiger partial charge >= 0.3 is 15.8 Å². The minimum absolute atomic E-state index is 0.0149. The Bertz CT molecular complexity index is 1120. The van der Waals surface area contributed by atoms with Gasteiger partial charge in [0.2, 0.25) is 5.88 Å². The molecule has 0 saturated carbocycles. The van der Waals surface area contributed by atoms with Gasteiger partial charge in [-0.25, -0.2) is 4.79 Å². The number of benzene rings is 1. The topological polar surface area (TPSA) is 81.5 Å². The number of fused-ring (bicyclic) bond motifs is 1. The van der Waals surface area contributed by atoms with E-state index in [2.05, 4.69) is 23.7 Å². The van der Waals surface area contributed by atoms with Gasteiger partial charge in [0.15, 0.2) is 0 Å². The summed E-state index contributed by atoms with van der Waals surface area (Å²) in [6.07, 6.45) is 0.835. The quantitative estimate of drug-likeness (QED) is 0.599. The fourth-order valence-corrected chi connectivity index (χ4v) is 5.69. The lowest BCUT2D eigenvalue weighted by Gasteiger charge is -2.22. The van der Waals surface area contributed by atoms with Crippen LogP contribution >= 0.6 is 0 Å². The van der Waals surface area contributed by atoms with Crippen molar-refractivity contribution in [3.63, 3.8) is 0 Å². The van der Waals surface area contributed by atoms with E-state index in [-0.39, 0.29) is 28.5 Å². The van der Waals surface area contributed by atoms with Gasteiger partial charge in [-0.3, -0.25) is 4.57 Å². The van der Waals surface area contributed by atoms with E-state index in [1.54, 1.807) is 10.6 Å². The lowest BCUT2D eigenvalue weighted by Crippen LogP contribution is -2.27. The van der Waals surface area contributed by atoms with E-state index < -0.39 is 15.8 Å². The molecule has 0 atom stereocenters. The largest absolute Gasteiger partial charge is 0.358 e. The van der Waals surface area contributed by atoms with E-state index in [4.69, 9.17) is 4.18 Å². The monoisotopic (exact) mass is 461 g/mol. The third-order valence-electron chi connectivity index (χ3n) is 5.95. The van der Waals surface area contributed by atoms with Gasteiger partial charge in [-0.15, -0.1) is 0 Å². The Balaban J connectivity index is 2.13. The summed E-state index contributed by atoms with van der Waals surface area (Å²) >= 11 is 0. The molecule has 3 rings (SSSR count).